The highest BCUT2D eigenvalue weighted by molar-refractivity contribution is 5.94. The van der Waals surface area contributed by atoms with E-state index in [9.17, 15) is 4.79 Å². The second-order valence-electron chi connectivity index (χ2n) is 5.57. The molecule has 0 bridgehead atoms. The number of carbonyl (C=O) groups excluding carboxylic acids is 1. The van der Waals surface area contributed by atoms with Crippen molar-refractivity contribution in [3.8, 4) is 11.5 Å². The van der Waals surface area contributed by atoms with Gasteiger partial charge in [0.25, 0.3) is 5.91 Å². The Balaban J connectivity index is 1.59. The molecule has 108 valence electrons. The van der Waals surface area contributed by atoms with Crippen LogP contribution in [0.25, 0.3) is 0 Å². The van der Waals surface area contributed by atoms with Crippen molar-refractivity contribution in [1.82, 2.24) is 5.32 Å². The van der Waals surface area contributed by atoms with Crippen molar-refractivity contribution in [2.24, 2.45) is 5.92 Å². The summed E-state index contributed by atoms with van der Waals surface area (Å²) in [5, 5.41) is 3.04. The van der Waals surface area contributed by atoms with Gasteiger partial charge in [0.05, 0.1) is 0 Å². The zero-order valence-electron chi connectivity index (χ0n) is 11.7. The Kier molecular flexibility index (Phi) is 4.09. The molecule has 1 aliphatic carbocycles. The molecule has 1 saturated carbocycles. The average molecular weight is 275 g/mol. The molecule has 0 saturated heterocycles. The van der Waals surface area contributed by atoms with Gasteiger partial charge in [0.1, 0.15) is 13.2 Å². The summed E-state index contributed by atoms with van der Waals surface area (Å²) >= 11 is 0. The minimum Gasteiger partial charge on any atom is -0.486 e. The predicted octanol–water partition coefficient (Wildman–Crippen LogP) is 2.77. The molecule has 2 aliphatic rings. The van der Waals surface area contributed by atoms with E-state index in [1.165, 1.54) is 32.1 Å². The van der Waals surface area contributed by atoms with Gasteiger partial charge in [0.2, 0.25) is 0 Å². The Morgan fingerprint density at radius 2 is 1.85 bits per heavy atom. The van der Waals surface area contributed by atoms with E-state index in [4.69, 9.17) is 9.47 Å². The van der Waals surface area contributed by atoms with Crippen LogP contribution in [0.2, 0.25) is 0 Å². The molecule has 3 rings (SSSR count). The summed E-state index contributed by atoms with van der Waals surface area (Å²) < 4.78 is 11.0. The third kappa shape index (κ3) is 3.06. The molecule has 0 spiro atoms. The second kappa shape index (κ2) is 6.16. The molecular weight excluding hydrogens is 254 g/mol. The Labute approximate surface area is 119 Å². The number of amides is 1. The average Bonchev–Trinajstić information content (AvgIpc) is 2.53. The van der Waals surface area contributed by atoms with Crippen LogP contribution in [0.4, 0.5) is 0 Å². The maximum atomic E-state index is 12.2. The van der Waals surface area contributed by atoms with Gasteiger partial charge in [-0.1, -0.05) is 19.3 Å². The van der Waals surface area contributed by atoms with Crippen LogP contribution in [-0.2, 0) is 0 Å². The summed E-state index contributed by atoms with van der Waals surface area (Å²) in [6, 6.07) is 5.37. The Morgan fingerprint density at radius 3 is 2.65 bits per heavy atom. The highest BCUT2D eigenvalue weighted by atomic mass is 16.6. The Morgan fingerprint density at radius 1 is 1.10 bits per heavy atom. The van der Waals surface area contributed by atoms with Crippen LogP contribution in [0.3, 0.4) is 0 Å². The summed E-state index contributed by atoms with van der Waals surface area (Å²) in [5.41, 5.74) is 0.644. The molecule has 1 amide bonds. The molecule has 4 nitrogen and oxygen atoms in total. The Bertz CT molecular complexity index is 481. The summed E-state index contributed by atoms with van der Waals surface area (Å²) in [6.45, 7) is 1.90. The van der Waals surface area contributed by atoms with Crippen molar-refractivity contribution in [3.05, 3.63) is 23.8 Å². The highest BCUT2D eigenvalue weighted by Gasteiger charge is 2.17. The fraction of sp³-hybridized carbons (Fsp3) is 0.562. The van der Waals surface area contributed by atoms with Gasteiger partial charge in [-0.3, -0.25) is 4.79 Å². The molecule has 1 fully saturated rings. The van der Waals surface area contributed by atoms with Gasteiger partial charge in [-0.15, -0.1) is 0 Å². The van der Waals surface area contributed by atoms with Gasteiger partial charge in [-0.05, 0) is 37.0 Å². The molecule has 0 unspecified atom stereocenters. The standard InChI is InChI=1S/C16H21NO3/c18-16(17-11-12-4-2-1-3-5-12)13-6-7-14-15(10-13)20-9-8-19-14/h6-7,10,12H,1-5,8-9,11H2,(H,17,18). The van der Waals surface area contributed by atoms with E-state index in [0.717, 1.165) is 12.3 Å². The smallest absolute Gasteiger partial charge is 0.251 e. The second-order valence-corrected chi connectivity index (χ2v) is 5.57. The van der Waals surface area contributed by atoms with E-state index >= 15 is 0 Å². The van der Waals surface area contributed by atoms with Crippen LogP contribution in [0.1, 0.15) is 42.5 Å². The van der Waals surface area contributed by atoms with Crippen molar-refractivity contribution in [1.29, 1.82) is 0 Å². The van der Waals surface area contributed by atoms with Gasteiger partial charge >= 0.3 is 0 Å². The normalized spacial score (nSPS) is 18.6. The summed E-state index contributed by atoms with van der Waals surface area (Å²) in [4.78, 5) is 12.2. The molecule has 1 aromatic rings. The van der Waals surface area contributed by atoms with Crippen molar-refractivity contribution in [3.63, 3.8) is 0 Å². The molecule has 0 radical (unpaired) electrons. The summed E-state index contributed by atoms with van der Waals surface area (Å²) in [7, 11) is 0. The molecule has 1 aromatic carbocycles. The Hall–Kier alpha value is -1.71. The monoisotopic (exact) mass is 275 g/mol. The third-order valence-electron chi connectivity index (χ3n) is 4.08. The number of fused-ring (bicyclic) bond motifs is 1. The topological polar surface area (TPSA) is 47.6 Å². The lowest BCUT2D eigenvalue weighted by atomic mass is 9.89. The van der Waals surface area contributed by atoms with Crippen LogP contribution in [-0.4, -0.2) is 25.7 Å². The number of ether oxygens (including phenoxy) is 2. The van der Waals surface area contributed by atoms with E-state index in [-0.39, 0.29) is 5.91 Å². The van der Waals surface area contributed by atoms with E-state index in [1.54, 1.807) is 12.1 Å². The van der Waals surface area contributed by atoms with Gasteiger partial charge in [0.15, 0.2) is 11.5 Å². The van der Waals surface area contributed by atoms with Crippen molar-refractivity contribution in [2.45, 2.75) is 32.1 Å². The first-order chi connectivity index (χ1) is 9.83. The molecule has 4 heteroatoms. The molecule has 20 heavy (non-hydrogen) atoms. The molecule has 1 N–H and O–H groups in total. The lowest BCUT2D eigenvalue weighted by Crippen LogP contribution is -2.30. The molecule has 1 heterocycles. The van der Waals surface area contributed by atoms with Crippen LogP contribution >= 0.6 is 0 Å². The molecule has 1 aliphatic heterocycles. The zero-order valence-corrected chi connectivity index (χ0v) is 11.7. The van der Waals surface area contributed by atoms with Gasteiger partial charge in [-0.25, -0.2) is 0 Å². The van der Waals surface area contributed by atoms with Crippen molar-refractivity contribution < 1.29 is 14.3 Å². The first-order valence-corrected chi connectivity index (χ1v) is 7.51. The van der Waals surface area contributed by atoms with E-state index in [2.05, 4.69) is 5.32 Å². The van der Waals surface area contributed by atoms with Crippen molar-refractivity contribution in [2.75, 3.05) is 19.8 Å². The fourth-order valence-electron chi connectivity index (χ4n) is 2.91. The molecule has 0 aromatic heterocycles. The largest absolute Gasteiger partial charge is 0.486 e. The first-order valence-electron chi connectivity index (χ1n) is 7.51. The maximum Gasteiger partial charge on any atom is 0.251 e. The van der Waals surface area contributed by atoms with Gasteiger partial charge in [0, 0.05) is 12.1 Å². The van der Waals surface area contributed by atoms with E-state index in [0.29, 0.717) is 30.4 Å². The van der Waals surface area contributed by atoms with Gasteiger partial charge in [-0.2, -0.15) is 0 Å². The maximum absolute atomic E-state index is 12.2. The highest BCUT2D eigenvalue weighted by Crippen LogP contribution is 2.30. The molecule has 0 atom stereocenters. The summed E-state index contributed by atoms with van der Waals surface area (Å²) in [5.74, 6) is 2.01. The number of hydrogen-bond acceptors (Lipinski definition) is 3. The SMILES string of the molecule is O=C(NCC1CCCCC1)c1ccc2c(c1)OCCO2. The van der Waals surface area contributed by atoms with Crippen molar-refractivity contribution >= 4 is 5.91 Å². The number of benzene rings is 1. The first kappa shape index (κ1) is 13.3. The zero-order chi connectivity index (χ0) is 13.8. The third-order valence-corrected chi connectivity index (χ3v) is 4.08. The minimum absolute atomic E-state index is 0.0208. The van der Waals surface area contributed by atoms with E-state index in [1.807, 2.05) is 6.07 Å². The van der Waals surface area contributed by atoms with Crippen LogP contribution < -0.4 is 14.8 Å². The lowest BCUT2D eigenvalue weighted by molar-refractivity contribution is 0.0942. The number of hydrogen-bond donors (Lipinski definition) is 1. The number of carbonyl (C=O) groups is 1. The van der Waals surface area contributed by atoms with E-state index < -0.39 is 0 Å². The van der Waals surface area contributed by atoms with Crippen LogP contribution in [0.15, 0.2) is 18.2 Å². The number of rotatable bonds is 3. The number of nitrogens with one attached hydrogen (secondary N) is 1. The fourth-order valence-corrected chi connectivity index (χ4v) is 2.91. The minimum atomic E-state index is -0.0208. The van der Waals surface area contributed by atoms with Crippen LogP contribution in [0.5, 0.6) is 11.5 Å². The summed E-state index contributed by atoms with van der Waals surface area (Å²) in [6.07, 6.45) is 6.41. The quantitative estimate of drug-likeness (QED) is 0.922. The van der Waals surface area contributed by atoms with Crippen LogP contribution in [0, 0.1) is 5.92 Å². The van der Waals surface area contributed by atoms with Gasteiger partial charge < -0.3 is 14.8 Å². The molecular formula is C16H21NO3. The lowest BCUT2D eigenvalue weighted by Gasteiger charge is -2.22. The predicted molar refractivity (Wildman–Crippen MR) is 76.3 cm³/mol.